The lowest BCUT2D eigenvalue weighted by Crippen LogP contribution is -2.40. The van der Waals surface area contributed by atoms with Crippen LogP contribution in [0.4, 0.5) is 11.4 Å². The Kier molecular flexibility index (Phi) is 5.91. The van der Waals surface area contributed by atoms with Gasteiger partial charge in [0.1, 0.15) is 12.3 Å². The average Bonchev–Trinajstić information content (AvgIpc) is 3.08. The van der Waals surface area contributed by atoms with Crippen molar-refractivity contribution < 1.29 is 31.1 Å². The summed E-state index contributed by atoms with van der Waals surface area (Å²) in [7, 11) is -6.29. The molecule has 10 nitrogen and oxygen atoms in total. The van der Waals surface area contributed by atoms with Gasteiger partial charge in [-0.2, -0.15) is 4.31 Å². The number of methoxy groups -OCH3 is 1. The molecule has 0 spiro atoms. The third kappa shape index (κ3) is 4.01. The first-order valence-electron chi connectivity index (χ1n) is 10.8. The van der Waals surface area contributed by atoms with Gasteiger partial charge in [-0.05, 0) is 29.7 Å². The van der Waals surface area contributed by atoms with Crippen molar-refractivity contribution in [3.8, 4) is 5.75 Å². The highest BCUT2D eigenvalue weighted by molar-refractivity contribution is 7.93. The first-order chi connectivity index (χ1) is 16.7. The highest BCUT2D eigenvalue weighted by Crippen LogP contribution is 2.41. The number of nitrogens with one attached hydrogen (secondary N) is 1. The van der Waals surface area contributed by atoms with Crippen LogP contribution in [0.15, 0.2) is 64.4 Å². The predicted molar refractivity (Wildman–Crippen MR) is 130 cm³/mol. The maximum atomic E-state index is 13.1. The van der Waals surface area contributed by atoms with Crippen molar-refractivity contribution in [2.75, 3.05) is 49.6 Å². The Balaban J connectivity index is 1.38. The number of benzene rings is 3. The fourth-order valence-corrected chi connectivity index (χ4v) is 7.41. The van der Waals surface area contributed by atoms with Crippen LogP contribution in [0, 0.1) is 0 Å². The number of nitrogens with zero attached hydrogens (tertiary/aromatic N) is 2. The first-order valence-corrected chi connectivity index (χ1v) is 13.7. The van der Waals surface area contributed by atoms with Crippen LogP contribution < -0.4 is 14.4 Å². The molecule has 2 heterocycles. The van der Waals surface area contributed by atoms with Crippen LogP contribution >= 0.6 is 0 Å². The second-order valence-electron chi connectivity index (χ2n) is 8.07. The van der Waals surface area contributed by atoms with Gasteiger partial charge in [0.15, 0.2) is 0 Å². The van der Waals surface area contributed by atoms with E-state index in [1.165, 1.54) is 35.7 Å². The minimum absolute atomic E-state index is 0.0264. The fraction of sp³-hybridized carbons (Fsp3) is 0.261. The van der Waals surface area contributed by atoms with Gasteiger partial charge in [-0.15, -0.1) is 0 Å². The number of ether oxygens (including phenoxy) is 2. The van der Waals surface area contributed by atoms with Gasteiger partial charge in [0.2, 0.25) is 15.9 Å². The van der Waals surface area contributed by atoms with Gasteiger partial charge in [-0.3, -0.25) is 9.10 Å². The second kappa shape index (κ2) is 8.79. The third-order valence-corrected chi connectivity index (χ3v) is 9.72. The molecule has 1 N–H and O–H groups in total. The number of morpholine rings is 1. The molecule has 12 heteroatoms. The molecule has 0 aliphatic carbocycles. The summed E-state index contributed by atoms with van der Waals surface area (Å²) in [6.45, 7) is 0.696. The molecule has 0 bridgehead atoms. The van der Waals surface area contributed by atoms with Crippen molar-refractivity contribution in [2.24, 2.45) is 0 Å². The zero-order valence-corrected chi connectivity index (χ0v) is 20.4. The van der Waals surface area contributed by atoms with E-state index >= 15 is 0 Å². The largest absolute Gasteiger partial charge is 0.495 e. The highest BCUT2D eigenvalue weighted by Gasteiger charge is 2.36. The van der Waals surface area contributed by atoms with Crippen LogP contribution in [-0.2, 0) is 29.6 Å². The minimum Gasteiger partial charge on any atom is -0.495 e. The van der Waals surface area contributed by atoms with Crippen molar-refractivity contribution in [1.82, 2.24) is 4.31 Å². The molecule has 2 aliphatic rings. The molecule has 184 valence electrons. The Bertz CT molecular complexity index is 1530. The molecule has 0 saturated carbocycles. The van der Waals surface area contributed by atoms with Crippen LogP contribution in [0.2, 0.25) is 0 Å². The van der Waals surface area contributed by atoms with Gasteiger partial charge in [0.25, 0.3) is 10.0 Å². The topological polar surface area (TPSA) is 122 Å². The van der Waals surface area contributed by atoms with E-state index in [4.69, 9.17) is 9.47 Å². The van der Waals surface area contributed by atoms with E-state index in [1.807, 2.05) is 12.1 Å². The summed E-state index contributed by atoms with van der Waals surface area (Å²) in [6.07, 6.45) is 0. The molecular formula is C23H23N3O7S2. The average molecular weight is 518 g/mol. The quantitative estimate of drug-likeness (QED) is 0.531. The number of sulfonamides is 2. The summed E-state index contributed by atoms with van der Waals surface area (Å²) in [4.78, 5) is 13.1. The summed E-state index contributed by atoms with van der Waals surface area (Å²) >= 11 is 0. The van der Waals surface area contributed by atoms with Crippen molar-refractivity contribution in [3.63, 3.8) is 0 Å². The molecule has 0 aromatic heterocycles. The van der Waals surface area contributed by atoms with E-state index < -0.39 is 32.5 Å². The molecular weight excluding hydrogens is 494 g/mol. The minimum atomic E-state index is -3.89. The number of carbonyl (C=O) groups is 1. The lowest BCUT2D eigenvalue weighted by Gasteiger charge is -2.26. The molecule has 1 fully saturated rings. The Morgan fingerprint density at radius 3 is 2.51 bits per heavy atom. The molecule has 35 heavy (non-hydrogen) atoms. The normalized spacial score (nSPS) is 17.5. The molecule has 1 saturated heterocycles. The summed E-state index contributed by atoms with van der Waals surface area (Å²) in [5, 5.41) is 3.99. The Labute approximate surface area is 203 Å². The first kappa shape index (κ1) is 23.5. The van der Waals surface area contributed by atoms with Gasteiger partial charge in [0, 0.05) is 24.5 Å². The SMILES string of the molecule is COc1cc(S(=O)(=O)N2CCOCC2)ccc1NC(=O)CN1c2cccc3cccc(c23)S1(=O)=O. The standard InChI is InChI=1S/C23H23N3O7S2/c1-32-20-14-17(34(28,29)25-10-12-33-13-11-25)8-9-18(20)24-22(27)15-26-19-6-2-4-16-5-3-7-21(23(16)19)35(26,30)31/h2-9,14H,10-13,15H2,1H3,(H,24,27). The monoisotopic (exact) mass is 517 g/mol. The van der Waals surface area contributed by atoms with Crippen LogP contribution in [-0.4, -0.2) is 67.0 Å². The molecule has 3 aromatic carbocycles. The number of hydrogen-bond donors (Lipinski definition) is 1. The van der Waals surface area contributed by atoms with Crippen molar-refractivity contribution >= 4 is 48.1 Å². The van der Waals surface area contributed by atoms with E-state index in [0.717, 1.165) is 9.69 Å². The lowest BCUT2D eigenvalue weighted by molar-refractivity contribution is -0.114. The highest BCUT2D eigenvalue weighted by atomic mass is 32.2. The Hall–Kier alpha value is -3.19. The van der Waals surface area contributed by atoms with E-state index in [9.17, 15) is 21.6 Å². The summed E-state index contributed by atoms with van der Waals surface area (Å²) < 4.78 is 65.1. The Morgan fingerprint density at radius 1 is 1.09 bits per heavy atom. The van der Waals surface area contributed by atoms with E-state index in [0.29, 0.717) is 24.3 Å². The van der Waals surface area contributed by atoms with Crippen LogP contribution in [0.5, 0.6) is 5.75 Å². The van der Waals surface area contributed by atoms with Crippen molar-refractivity contribution in [1.29, 1.82) is 0 Å². The van der Waals surface area contributed by atoms with Crippen LogP contribution in [0.3, 0.4) is 0 Å². The number of carbonyl (C=O) groups excluding carboxylic acids is 1. The maximum absolute atomic E-state index is 13.1. The van der Waals surface area contributed by atoms with Crippen molar-refractivity contribution in [2.45, 2.75) is 9.79 Å². The van der Waals surface area contributed by atoms with Crippen LogP contribution in [0.25, 0.3) is 10.8 Å². The molecule has 0 unspecified atom stereocenters. The number of anilines is 2. The number of amides is 1. The third-order valence-electron chi connectivity index (χ3n) is 6.02. The van der Waals surface area contributed by atoms with Gasteiger partial charge in [-0.1, -0.05) is 24.3 Å². The maximum Gasteiger partial charge on any atom is 0.265 e. The van der Waals surface area contributed by atoms with Gasteiger partial charge in [-0.25, -0.2) is 16.8 Å². The second-order valence-corrected chi connectivity index (χ2v) is 11.8. The summed E-state index contributed by atoms with van der Waals surface area (Å²) in [5.41, 5.74) is 0.665. The number of hydrogen-bond acceptors (Lipinski definition) is 7. The lowest BCUT2D eigenvalue weighted by atomic mass is 10.1. The van der Waals surface area contributed by atoms with Gasteiger partial charge in [0.05, 0.1) is 41.5 Å². The van der Waals surface area contributed by atoms with Gasteiger partial charge >= 0.3 is 0 Å². The molecule has 1 amide bonds. The summed E-state index contributed by atoms with van der Waals surface area (Å²) in [5.74, 6) is -0.456. The Morgan fingerprint density at radius 2 is 1.80 bits per heavy atom. The molecule has 3 aromatic rings. The smallest absolute Gasteiger partial charge is 0.265 e. The van der Waals surface area contributed by atoms with E-state index in [2.05, 4.69) is 5.32 Å². The van der Waals surface area contributed by atoms with Gasteiger partial charge < -0.3 is 14.8 Å². The zero-order valence-electron chi connectivity index (χ0n) is 18.8. The number of rotatable bonds is 6. The van der Waals surface area contributed by atoms with E-state index in [-0.39, 0.29) is 34.3 Å². The predicted octanol–water partition coefficient (Wildman–Crippen LogP) is 2.02. The molecule has 5 rings (SSSR count). The van der Waals surface area contributed by atoms with Crippen LogP contribution in [0.1, 0.15) is 0 Å². The summed E-state index contributed by atoms with van der Waals surface area (Å²) in [6, 6.07) is 14.4. The zero-order chi connectivity index (χ0) is 24.8. The fourth-order valence-electron chi connectivity index (χ4n) is 4.32. The van der Waals surface area contributed by atoms with Crippen molar-refractivity contribution in [3.05, 3.63) is 54.6 Å². The molecule has 0 radical (unpaired) electrons. The molecule has 2 aliphatic heterocycles. The molecule has 0 atom stereocenters. The van der Waals surface area contributed by atoms with E-state index in [1.54, 1.807) is 18.2 Å².